The quantitative estimate of drug-likeness (QED) is 0.874. The summed E-state index contributed by atoms with van der Waals surface area (Å²) < 4.78 is 0. The molecule has 1 aliphatic rings. The Morgan fingerprint density at radius 1 is 1.00 bits per heavy atom. The first-order chi connectivity index (χ1) is 8.83. The molecule has 2 aromatic rings. The summed E-state index contributed by atoms with van der Waals surface area (Å²) in [5.41, 5.74) is 2.74. The van der Waals surface area contributed by atoms with E-state index in [1.807, 2.05) is 12.1 Å². The lowest BCUT2D eigenvalue weighted by Gasteiger charge is -2.05. The zero-order chi connectivity index (χ0) is 12.4. The van der Waals surface area contributed by atoms with Crippen molar-refractivity contribution < 1.29 is 0 Å². The Labute approximate surface area is 113 Å². The van der Waals surface area contributed by atoms with Gasteiger partial charge in [-0.2, -0.15) is 0 Å². The molecule has 0 heterocycles. The van der Waals surface area contributed by atoms with Gasteiger partial charge in [0.05, 0.1) is 0 Å². The van der Waals surface area contributed by atoms with Gasteiger partial charge in [-0.25, -0.2) is 0 Å². The molecule has 0 radical (unpaired) electrons. The van der Waals surface area contributed by atoms with Crippen molar-refractivity contribution in [2.75, 3.05) is 0 Å². The molecule has 0 aliphatic heterocycles. The number of nitrogens with one attached hydrogen (secondary N) is 1. The number of halogens is 1. The van der Waals surface area contributed by atoms with Crippen LogP contribution in [0, 0.1) is 0 Å². The normalized spacial score (nSPS) is 21.8. The minimum Gasteiger partial charge on any atom is -0.309 e. The van der Waals surface area contributed by atoms with E-state index in [1.54, 1.807) is 0 Å². The fourth-order valence-corrected chi connectivity index (χ4v) is 2.47. The van der Waals surface area contributed by atoms with Crippen molar-refractivity contribution in [3.8, 4) is 0 Å². The van der Waals surface area contributed by atoms with E-state index in [-0.39, 0.29) is 0 Å². The predicted octanol–water partition coefficient (Wildman–Crippen LogP) is 3.99. The van der Waals surface area contributed by atoms with Crippen LogP contribution in [0.1, 0.15) is 23.5 Å². The minimum absolute atomic E-state index is 0.628. The van der Waals surface area contributed by atoms with Crippen molar-refractivity contribution in [1.29, 1.82) is 0 Å². The zero-order valence-electron chi connectivity index (χ0n) is 10.1. The van der Waals surface area contributed by atoms with Gasteiger partial charge in [-0.15, -0.1) is 0 Å². The Morgan fingerprint density at radius 2 is 1.72 bits per heavy atom. The molecule has 0 aromatic heterocycles. The van der Waals surface area contributed by atoms with Gasteiger partial charge >= 0.3 is 0 Å². The summed E-state index contributed by atoms with van der Waals surface area (Å²) in [4.78, 5) is 0. The molecule has 1 fully saturated rings. The highest BCUT2D eigenvalue weighted by Gasteiger charge is 2.37. The third-order valence-electron chi connectivity index (χ3n) is 3.50. The van der Waals surface area contributed by atoms with Gasteiger partial charge in [0.2, 0.25) is 0 Å². The van der Waals surface area contributed by atoms with E-state index in [2.05, 4.69) is 47.8 Å². The Hall–Kier alpha value is -1.31. The van der Waals surface area contributed by atoms with Crippen LogP contribution in [0.5, 0.6) is 0 Å². The number of hydrogen-bond acceptors (Lipinski definition) is 1. The second kappa shape index (κ2) is 5.13. The van der Waals surface area contributed by atoms with Gasteiger partial charge in [-0.05, 0) is 29.7 Å². The van der Waals surface area contributed by atoms with Crippen LogP contribution in [0.25, 0.3) is 0 Å². The van der Waals surface area contributed by atoms with Crippen LogP contribution in [0.4, 0.5) is 0 Å². The van der Waals surface area contributed by atoms with Crippen molar-refractivity contribution in [2.24, 2.45) is 0 Å². The van der Waals surface area contributed by atoms with Gasteiger partial charge in [0.25, 0.3) is 0 Å². The third kappa shape index (κ3) is 2.74. The molecule has 1 aliphatic carbocycles. The monoisotopic (exact) mass is 257 g/mol. The first-order valence-electron chi connectivity index (χ1n) is 6.36. The van der Waals surface area contributed by atoms with E-state index in [9.17, 15) is 0 Å². The van der Waals surface area contributed by atoms with Crippen LogP contribution in [-0.2, 0) is 6.54 Å². The molecule has 0 unspecified atom stereocenters. The second-order valence-electron chi connectivity index (χ2n) is 4.87. The van der Waals surface area contributed by atoms with Crippen LogP contribution in [0.15, 0.2) is 54.6 Å². The van der Waals surface area contributed by atoms with Gasteiger partial charge in [0.1, 0.15) is 0 Å². The second-order valence-corrected chi connectivity index (χ2v) is 5.30. The van der Waals surface area contributed by atoms with Gasteiger partial charge in [0, 0.05) is 23.5 Å². The molecule has 92 valence electrons. The summed E-state index contributed by atoms with van der Waals surface area (Å²) in [6, 6.07) is 19.4. The fraction of sp³-hybridized carbons (Fsp3) is 0.250. The zero-order valence-corrected chi connectivity index (χ0v) is 10.9. The average molecular weight is 258 g/mol. The number of rotatable bonds is 4. The molecule has 2 atom stereocenters. The molecule has 2 heteroatoms. The smallest absolute Gasteiger partial charge is 0.0406 e. The Kier molecular flexibility index (Phi) is 3.35. The van der Waals surface area contributed by atoms with E-state index in [0.29, 0.717) is 12.0 Å². The molecule has 0 spiro atoms. The topological polar surface area (TPSA) is 12.0 Å². The van der Waals surface area contributed by atoms with Crippen LogP contribution in [0.3, 0.4) is 0 Å². The molecule has 0 bridgehead atoms. The first-order valence-corrected chi connectivity index (χ1v) is 6.73. The number of hydrogen-bond donors (Lipinski definition) is 1. The first kappa shape index (κ1) is 11.8. The molecule has 1 nitrogen and oxygen atoms in total. The number of benzene rings is 2. The summed E-state index contributed by atoms with van der Waals surface area (Å²) in [6.07, 6.45) is 1.25. The molecule has 0 amide bonds. The lowest BCUT2D eigenvalue weighted by molar-refractivity contribution is 0.673. The molecule has 0 saturated heterocycles. The summed E-state index contributed by atoms with van der Waals surface area (Å²) in [7, 11) is 0. The van der Waals surface area contributed by atoms with Crippen molar-refractivity contribution in [3.05, 3.63) is 70.7 Å². The van der Waals surface area contributed by atoms with Crippen LogP contribution in [0.2, 0.25) is 5.02 Å². The van der Waals surface area contributed by atoms with Crippen molar-refractivity contribution in [2.45, 2.75) is 24.9 Å². The van der Waals surface area contributed by atoms with Crippen LogP contribution in [-0.4, -0.2) is 6.04 Å². The highest BCUT2D eigenvalue weighted by atomic mass is 35.5. The van der Waals surface area contributed by atoms with Gasteiger partial charge in [0.15, 0.2) is 0 Å². The Bertz CT molecular complexity index is 506. The Morgan fingerprint density at radius 3 is 2.44 bits per heavy atom. The predicted molar refractivity (Wildman–Crippen MR) is 75.9 cm³/mol. The molecular formula is C16H16ClN. The lowest BCUT2D eigenvalue weighted by Crippen LogP contribution is -2.17. The summed E-state index contributed by atoms with van der Waals surface area (Å²) in [5, 5.41) is 4.40. The van der Waals surface area contributed by atoms with Crippen LogP contribution < -0.4 is 5.32 Å². The molecule has 1 saturated carbocycles. The van der Waals surface area contributed by atoms with Crippen molar-refractivity contribution >= 4 is 11.6 Å². The molecule has 18 heavy (non-hydrogen) atoms. The average Bonchev–Trinajstić information content (AvgIpc) is 3.19. The third-order valence-corrected chi connectivity index (χ3v) is 3.75. The molecule has 2 aromatic carbocycles. The van der Waals surface area contributed by atoms with E-state index in [0.717, 1.165) is 11.6 Å². The molecule has 3 rings (SSSR count). The van der Waals surface area contributed by atoms with E-state index < -0.39 is 0 Å². The van der Waals surface area contributed by atoms with Gasteiger partial charge in [-0.1, -0.05) is 54.1 Å². The van der Waals surface area contributed by atoms with E-state index >= 15 is 0 Å². The maximum absolute atomic E-state index is 5.87. The van der Waals surface area contributed by atoms with Crippen LogP contribution >= 0.6 is 11.6 Å². The maximum atomic E-state index is 5.87. The molecular weight excluding hydrogens is 242 g/mol. The standard InChI is InChI=1S/C16H16ClN/c17-14-8-6-12(7-9-14)11-18-16-10-15(16)13-4-2-1-3-5-13/h1-9,15-16,18H,10-11H2/t15-,16+/m0/s1. The molecule has 1 N–H and O–H groups in total. The SMILES string of the molecule is Clc1ccc(CN[C@@H]2C[C@H]2c2ccccc2)cc1. The van der Waals surface area contributed by atoms with Crippen molar-refractivity contribution in [3.63, 3.8) is 0 Å². The highest BCUT2D eigenvalue weighted by Crippen LogP contribution is 2.40. The largest absolute Gasteiger partial charge is 0.309 e. The Balaban J connectivity index is 1.53. The van der Waals surface area contributed by atoms with Gasteiger partial charge < -0.3 is 5.32 Å². The maximum Gasteiger partial charge on any atom is 0.0406 e. The summed E-state index contributed by atoms with van der Waals surface area (Å²) in [5.74, 6) is 0.693. The van der Waals surface area contributed by atoms with E-state index in [4.69, 9.17) is 11.6 Å². The highest BCUT2D eigenvalue weighted by molar-refractivity contribution is 6.30. The summed E-state index contributed by atoms with van der Waals surface area (Å²) in [6.45, 7) is 0.922. The summed E-state index contributed by atoms with van der Waals surface area (Å²) >= 11 is 5.87. The van der Waals surface area contributed by atoms with Gasteiger partial charge in [-0.3, -0.25) is 0 Å². The minimum atomic E-state index is 0.628. The fourth-order valence-electron chi connectivity index (χ4n) is 2.34. The van der Waals surface area contributed by atoms with Crippen molar-refractivity contribution in [1.82, 2.24) is 5.32 Å². The lowest BCUT2D eigenvalue weighted by atomic mass is 10.1. The van der Waals surface area contributed by atoms with E-state index in [1.165, 1.54) is 17.5 Å².